The average molecular weight is 329 g/mol. The van der Waals surface area contributed by atoms with Gasteiger partial charge in [-0.15, -0.1) is 0 Å². The average Bonchev–Trinajstić information content (AvgIpc) is 2.98. The number of para-hydroxylation sites is 1. The van der Waals surface area contributed by atoms with Crippen molar-refractivity contribution in [1.29, 1.82) is 0 Å². The molecule has 1 N–H and O–H groups in total. The number of fused-ring (bicyclic) bond motifs is 3. The normalized spacial score (nSPS) is 42.0. The van der Waals surface area contributed by atoms with Crippen molar-refractivity contribution in [3.05, 3.63) is 23.8 Å². The maximum Gasteiger partial charge on any atom is 0.165 e. The summed E-state index contributed by atoms with van der Waals surface area (Å²) in [5.41, 5.74) is 1.78. The second-order valence-corrected chi connectivity index (χ2v) is 8.12. The van der Waals surface area contributed by atoms with E-state index in [0.29, 0.717) is 17.9 Å². The summed E-state index contributed by atoms with van der Waals surface area (Å²) >= 11 is 0. The van der Waals surface area contributed by atoms with Gasteiger partial charge in [0.15, 0.2) is 11.5 Å². The maximum absolute atomic E-state index is 6.65. The monoisotopic (exact) mass is 329 g/mol. The smallest absolute Gasteiger partial charge is 0.165 e. The van der Waals surface area contributed by atoms with E-state index >= 15 is 0 Å². The van der Waals surface area contributed by atoms with Gasteiger partial charge in [-0.1, -0.05) is 12.1 Å². The second kappa shape index (κ2) is 5.12. The fraction of sp³-hybridized carbons (Fsp3) is 0.700. The Labute approximate surface area is 143 Å². The summed E-state index contributed by atoms with van der Waals surface area (Å²) in [5.74, 6) is 3.17. The number of hydrogen-bond acceptors (Lipinski definition) is 4. The second-order valence-electron chi connectivity index (χ2n) is 8.12. The van der Waals surface area contributed by atoms with E-state index in [1.54, 1.807) is 7.11 Å². The summed E-state index contributed by atoms with van der Waals surface area (Å²) in [6.07, 6.45) is 5.28. The molecule has 0 amide bonds. The van der Waals surface area contributed by atoms with Crippen molar-refractivity contribution in [3.8, 4) is 11.5 Å². The van der Waals surface area contributed by atoms with Crippen molar-refractivity contribution in [3.63, 3.8) is 0 Å². The van der Waals surface area contributed by atoms with E-state index in [4.69, 9.17) is 14.2 Å². The molecule has 2 spiro atoms. The van der Waals surface area contributed by atoms with E-state index in [1.165, 1.54) is 24.8 Å². The summed E-state index contributed by atoms with van der Waals surface area (Å²) in [5, 5.41) is 3.71. The highest BCUT2D eigenvalue weighted by molar-refractivity contribution is 5.57. The van der Waals surface area contributed by atoms with Gasteiger partial charge < -0.3 is 19.5 Å². The van der Waals surface area contributed by atoms with Crippen LogP contribution in [0, 0.1) is 17.3 Å². The van der Waals surface area contributed by atoms with Crippen LogP contribution in [0.4, 0.5) is 0 Å². The van der Waals surface area contributed by atoms with E-state index in [9.17, 15) is 0 Å². The lowest BCUT2D eigenvalue weighted by Crippen LogP contribution is -2.71. The van der Waals surface area contributed by atoms with E-state index in [2.05, 4.69) is 17.4 Å². The molecule has 3 aliphatic carbocycles. The summed E-state index contributed by atoms with van der Waals surface area (Å²) in [4.78, 5) is 0. The van der Waals surface area contributed by atoms with Gasteiger partial charge in [0.25, 0.3) is 0 Å². The van der Waals surface area contributed by atoms with E-state index in [-0.39, 0.29) is 10.8 Å². The Bertz CT molecular complexity index is 658. The van der Waals surface area contributed by atoms with Crippen LogP contribution in [0.1, 0.15) is 31.2 Å². The predicted molar refractivity (Wildman–Crippen MR) is 91.7 cm³/mol. The number of nitrogens with one attached hydrogen (secondary N) is 1. The minimum absolute atomic E-state index is 0.131. The molecule has 1 aromatic rings. The zero-order valence-corrected chi connectivity index (χ0v) is 14.6. The standard InChI is InChI=1S/C20H27NO3/c1-22-11-14-10-13-6-7-19(14)12-21-9-8-20(19)15-4-3-5-16(23-2)17(15)24-18(13)20/h3-5,13-14,18,21H,6-12H2,1-2H3. The number of methoxy groups -OCH3 is 2. The molecular formula is C20H27NO3. The topological polar surface area (TPSA) is 39.7 Å². The number of piperidine rings is 1. The fourth-order valence-corrected chi connectivity index (χ4v) is 6.74. The van der Waals surface area contributed by atoms with Crippen molar-refractivity contribution in [2.24, 2.45) is 17.3 Å². The first-order valence-electron chi connectivity index (χ1n) is 9.30. The molecule has 0 aromatic heterocycles. The quantitative estimate of drug-likeness (QED) is 0.926. The van der Waals surface area contributed by atoms with Gasteiger partial charge in [0.2, 0.25) is 0 Å². The van der Waals surface area contributed by atoms with Crippen molar-refractivity contribution < 1.29 is 14.2 Å². The Hall–Kier alpha value is -1.26. The minimum Gasteiger partial charge on any atom is -0.493 e. The molecule has 4 nitrogen and oxygen atoms in total. The van der Waals surface area contributed by atoms with Crippen molar-refractivity contribution in [1.82, 2.24) is 5.32 Å². The molecule has 1 aromatic carbocycles. The van der Waals surface area contributed by atoms with Crippen LogP contribution in [-0.4, -0.2) is 40.0 Å². The van der Waals surface area contributed by atoms with Crippen LogP contribution in [0.2, 0.25) is 0 Å². The molecule has 130 valence electrons. The van der Waals surface area contributed by atoms with Crippen LogP contribution >= 0.6 is 0 Å². The van der Waals surface area contributed by atoms with Crippen molar-refractivity contribution in [2.75, 3.05) is 33.9 Å². The molecule has 2 bridgehead atoms. The summed E-state index contributed by atoms with van der Waals surface area (Å²) in [7, 11) is 3.60. The van der Waals surface area contributed by atoms with Gasteiger partial charge in [-0.3, -0.25) is 0 Å². The van der Waals surface area contributed by atoms with Crippen molar-refractivity contribution in [2.45, 2.75) is 37.2 Å². The molecule has 4 fully saturated rings. The molecular weight excluding hydrogens is 302 g/mol. The lowest BCUT2D eigenvalue weighted by Gasteiger charge is -2.66. The first-order valence-corrected chi connectivity index (χ1v) is 9.30. The molecule has 5 aliphatic rings. The third-order valence-electron chi connectivity index (χ3n) is 7.56. The van der Waals surface area contributed by atoms with Crippen LogP contribution in [0.15, 0.2) is 18.2 Å². The van der Waals surface area contributed by atoms with Crippen LogP contribution in [0.5, 0.6) is 11.5 Å². The Morgan fingerprint density at radius 3 is 3.04 bits per heavy atom. The predicted octanol–water partition coefficient (Wildman–Crippen LogP) is 2.75. The van der Waals surface area contributed by atoms with Gasteiger partial charge in [-0.05, 0) is 50.1 Å². The lowest BCUT2D eigenvalue weighted by molar-refractivity contribution is -0.168. The van der Waals surface area contributed by atoms with Crippen molar-refractivity contribution >= 4 is 0 Å². The van der Waals surface area contributed by atoms with Gasteiger partial charge >= 0.3 is 0 Å². The first kappa shape index (κ1) is 15.0. The minimum atomic E-state index is 0.131. The highest BCUT2D eigenvalue weighted by atomic mass is 16.5. The number of hydrogen-bond donors (Lipinski definition) is 1. The van der Waals surface area contributed by atoms with Gasteiger partial charge in [-0.25, -0.2) is 0 Å². The molecule has 0 radical (unpaired) electrons. The zero-order valence-electron chi connectivity index (χ0n) is 14.6. The molecule has 24 heavy (non-hydrogen) atoms. The molecule has 5 atom stereocenters. The van der Waals surface area contributed by atoms with E-state index in [1.807, 2.05) is 13.2 Å². The largest absolute Gasteiger partial charge is 0.493 e. The van der Waals surface area contributed by atoms with E-state index < -0.39 is 0 Å². The fourth-order valence-electron chi connectivity index (χ4n) is 6.74. The van der Waals surface area contributed by atoms with Gasteiger partial charge in [0.05, 0.1) is 7.11 Å². The van der Waals surface area contributed by atoms with Crippen LogP contribution in [-0.2, 0) is 10.2 Å². The molecule has 1 saturated heterocycles. The summed E-state index contributed by atoms with van der Waals surface area (Å²) < 4.78 is 18.0. The third-order valence-corrected chi connectivity index (χ3v) is 7.56. The molecule has 4 heteroatoms. The third kappa shape index (κ3) is 1.57. The van der Waals surface area contributed by atoms with Crippen LogP contribution in [0.25, 0.3) is 0 Å². The Morgan fingerprint density at radius 1 is 1.29 bits per heavy atom. The molecule has 2 heterocycles. The summed E-state index contributed by atoms with van der Waals surface area (Å²) in [6, 6.07) is 6.48. The number of rotatable bonds is 3. The van der Waals surface area contributed by atoms with Crippen LogP contribution in [0.3, 0.4) is 0 Å². The Balaban J connectivity index is 1.73. The lowest BCUT2D eigenvalue weighted by atomic mass is 9.39. The van der Waals surface area contributed by atoms with Gasteiger partial charge in [-0.2, -0.15) is 0 Å². The number of benzene rings is 1. The molecule has 2 aliphatic heterocycles. The molecule has 5 unspecified atom stereocenters. The van der Waals surface area contributed by atoms with Gasteiger partial charge in [0, 0.05) is 36.7 Å². The Morgan fingerprint density at radius 2 is 2.21 bits per heavy atom. The SMILES string of the molecule is COCC1CC2CCC13CNCCC31c3cccc(OC)c3OC21. The van der Waals surface area contributed by atoms with Gasteiger partial charge in [0.1, 0.15) is 6.10 Å². The summed E-state index contributed by atoms with van der Waals surface area (Å²) in [6.45, 7) is 3.03. The highest BCUT2D eigenvalue weighted by Crippen LogP contribution is 2.70. The zero-order chi connectivity index (χ0) is 16.4. The molecule has 3 saturated carbocycles. The Kier molecular flexibility index (Phi) is 3.21. The van der Waals surface area contributed by atoms with E-state index in [0.717, 1.165) is 37.6 Å². The number of ether oxygens (including phenoxy) is 3. The maximum atomic E-state index is 6.65. The first-order chi connectivity index (χ1) is 11.8. The van der Waals surface area contributed by atoms with Crippen LogP contribution < -0.4 is 14.8 Å². The molecule has 6 rings (SSSR count). The highest BCUT2D eigenvalue weighted by Gasteiger charge is 2.71.